The highest BCUT2D eigenvalue weighted by Crippen LogP contribution is 2.32. The van der Waals surface area contributed by atoms with E-state index < -0.39 is 10.0 Å². The molecule has 0 bridgehead atoms. The summed E-state index contributed by atoms with van der Waals surface area (Å²) in [5.41, 5.74) is 0.360. The molecule has 142 valence electrons. The van der Waals surface area contributed by atoms with E-state index in [4.69, 9.17) is 23.2 Å². The lowest BCUT2D eigenvalue weighted by molar-refractivity contribution is 0.0765. The molecule has 0 N–H and O–H groups in total. The Bertz CT molecular complexity index is 919. The number of imidazole rings is 1. The van der Waals surface area contributed by atoms with Crippen molar-refractivity contribution >= 4 is 50.5 Å². The number of halogens is 2. The second-order valence-electron chi connectivity index (χ2n) is 6.02. The fraction of sp³-hybridized carbons (Fsp3) is 0.467. The zero-order valence-electron chi connectivity index (χ0n) is 14.3. The Morgan fingerprint density at radius 2 is 1.96 bits per heavy atom. The zero-order chi connectivity index (χ0) is 19.1. The van der Waals surface area contributed by atoms with Crippen LogP contribution in [0.1, 0.15) is 22.6 Å². The van der Waals surface area contributed by atoms with E-state index in [0.717, 1.165) is 11.3 Å². The summed E-state index contributed by atoms with van der Waals surface area (Å²) < 4.78 is 29.5. The molecule has 26 heavy (non-hydrogen) atoms. The molecular weight excluding hydrogens is 419 g/mol. The minimum atomic E-state index is -3.69. The van der Waals surface area contributed by atoms with Gasteiger partial charge in [0.15, 0.2) is 5.03 Å². The number of nitrogens with zero attached hydrogens (tertiary/aromatic N) is 4. The van der Waals surface area contributed by atoms with Crippen molar-refractivity contribution in [2.75, 3.05) is 26.2 Å². The molecule has 0 radical (unpaired) electrons. The van der Waals surface area contributed by atoms with Gasteiger partial charge in [-0.2, -0.15) is 4.31 Å². The quantitative estimate of drug-likeness (QED) is 0.740. The molecule has 0 aliphatic carbocycles. The van der Waals surface area contributed by atoms with Gasteiger partial charge in [-0.05, 0) is 19.4 Å². The molecule has 0 saturated carbocycles. The van der Waals surface area contributed by atoms with Crippen molar-refractivity contribution in [3.8, 4) is 0 Å². The third kappa shape index (κ3) is 3.77. The van der Waals surface area contributed by atoms with E-state index in [-0.39, 0.29) is 24.0 Å². The molecule has 2 aromatic heterocycles. The van der Waals surface area contributed by atoms with Gasteiger partial charge in [-0.25, -0.2) is 13.4 Å². The minimum Gasteiger partial charge on any atom is -0.337 e. The Kier molecular flexibility index (Phi) is 5.64. The maximum Gasteiger partial charge on any atom is 0.262 e. The number of sulfonamides is 1. The summed E-state index contributed by atoms with van der Waals surface area (Å²) in [6.45, 7) is 3.03. The molecular formula is C15H18Cl2N4O3S2. The number of amides is 1. The number of thiophene rings is 1. The average Bonchev–Trinajstić information content (AvgIpc) is 2.97. The third-order valence-electron chi connectivity index (χ3n) is 4.32. The lowest BCUT2D eigenvalue weighted by atomic mass is 10.3. The van der Waals surface area contributed by atoms with E-state index >= 15 is 0 Å². The van der Waals surface area contributed by atoms with Crippen LogP contribution in [0.15, 0.2) is 17.3 Å². The molecule has 1 fully saturated rings. The van der Waals surface area contributed by atoms with Crippen molar-refractivity contribution < 1.29 is 13.2 Å². The van der Waals surface area contributed by atoms with Gasteiger partial charge in [0, 0.05) is 39.4 Å². The minimum absolute atomic E-state index is 0.0323. The van der Waals surface area contributed by atoms with Crippen molar-refractivity contribution in [2.45, 2.75) is 18.4 Å². The number of hydrogen-bond donors (Lipinski definition) is 0. The van der Waals surface area contributed by atoms with Crippen molar-refractivity contribution in [2.24, 2.45) is 7.05 Å². The molecule has 2 aromatic rings. The van der Waals surface area contributed by atoms with Gasteiger partial charge >= 0.3 is 0 Å². The molecule has 0 spiro atoms. The number of rotatable bonds is 3. The fourth-order valence-electron chi connectivity index (χ4n) is 2.78. The maximum absolute atomic E-state index is 12.8. The molecule has 3 rings (SSSR count). The molecule has 3 heterocycles. The second kappa shape index (κ2) is 7.47. The van der Waals surface area contributed by atoms with Gasteiger partial charge in [-0.3, -0.25) is 4.79 Å². The topological polar surface area (TPSA) is 75.5 Å². The van der Waals surface area contributed by atoms with Crippen LogP contribution >= 0.6 is 34.5 Å². The summed E-state index contributed by atoms with van der Waals surface area (Å²) in [6.07, 6.45) is 2.04. The Morgan fingerprint density at radius 3 is 2.54 bits per heavy atom. The monoisotopic (exact) mass is 436 g/mol. The van der Waals surface area contributed by atoms with E-state index in [9.17, 15) is 13.2 Å². The van der Waals surface area contributed by atoms with E-state index in [2.05, 4.69) is 4.98 Å². The summed E-state index contributed by atoms with van der Waals surface area (Å²) in [5.74, 6) is 0.394. The highest BCUT2D eigenvalue weighted by Gasteiger charge is 2.31. The normalized spacial score (nSPS) is 16.7. The summed E-state index contributed by atoms with van der Waals surface area (Å²) in [7, 11) is -1.94. The molecule has 7 nitrogen and oxygen atoms in total. The molecule has 0 unspecified atom stereocenters. The van der Waals surface area contributed by atoms with Crippen LogP contribution < -0.4 is 0 Å². The van der Waals surface area contributed by atoms with Crippen molar-refractivity contribution in [1.29, 1.82) is 0 Å². The Hall–Kier alpha value is -1.13. The van der Waals surface area contributed by atoms with Crippen LogP contribution in [0.5, 0.6) is 0 Å². The standard InChI is InChI=1S/C15H18Cl2N4O3S2/c1-10-18-13(9-19(10)2)26(23,24)21-5-3-4-20(6-7-21)15(22)11-8-12(16)25-14(11)17/h8-9H,3-7H2,1-2H3. The van der Waals surface area contributed by atoms with E-state index in [1.165, 1.54) is 10.5 Å². The molecule has 1 amide bonds. The lowest BCUT2D eigenvalue weighted by Gasteiger charge is -2.21. The Balaban J connectivity index is 1.76. The number of carbonyl (C=O) groups is 1. The van der Waals surface area contributed by atoms with Gasteiger partial charge in [-0.15, -0.1) is 11.3 Å². The first-order chi connectivity index (χ1) is 12.2. The number of aryl methyl sites for hydroxylation is 2. The van der Waals surface area contributed by atoms with E-state index in [0.29, 0.717) is 39.6 Å². The van der Waals surface area contributed by atoms with Crippen molar-refractivity contribution in [3.63, 3.8) is 0 Å². The van der Waals surface area contributed by atoms with Crippen LogP contribution in [0.3, 0.4) is 0 Å². The number of hydrogen-bond acceptors (Lipinski definition) is 5. The Labute approximate surface area is 166 Å². The third-order valence-corrected chi connectivity index (χ3v) is 7.58. The van der Waals surface area contributed by atoms with E-state index in [1.807, 2.05) is 0 Å². The van der Waals surface area contributed by atoms with Crippen molar-refractivity contribution in [1.82, 2.24) is 18.8 Å². The fourth-order valence-corrected chi connectivity index (χ4v) is 5.72. The van der Waals surface area contributed by atoms with Crippen LogP contribution in [-0.2, 0) is 17.1 Å². The zero-order valence-corrected chi connectivity index (χ0v) is 17.4. The summed E-state index contributed by atoms with van der Waals surface area (Å²) in [5, 5.41) is 0.0323. The molecule has 1 aliphatic heterocycles. The smallest absolute Gasteiger partial charge is 0.262 e. The first kappa shape index (κ1) is 19.6. The largest absolute Gasteiger partial charge is 0.337 e. The highest BCUT2D eigenvalue weighted by molar-refractivity contribution is 7.89. The van der Waals surface area contributed by atoms with Crippen LogP contribution in [0, 0.1) is 6.92 Å². The Morgan fingerprint density at radius 1 is 1.23 bits per heavy atom. The van der Waals surface area contributed by atoms with Gasteiger partial charge < -0.3 is 9.47 Å². The first-order valence-electron chi connectivity index (χ1n) is 7.94. The molecule has 1 aliphatic rings. The van der Waals surface area contributed by atoms with Crippen LogP contribution in [0.2, 0.25) is 8.67 Å². The van der Waals surface area contributed by atoms with Gasteiger partial charge in [0.05, 0.1) is 9.90 Å². The lowest BCUT2D eigenvalue weighted by Crippen LogP contribution is -2.37. The highest BCUT2D eigenvalue weighted by atomic mass is 35.5. The molecule has 0 aromatic carbocycles. The predicted octanol–water partition coefficient (Wildman–Crippen LogP) is 2.63. The molecule has 0 atom stereocenters. The second-order valence-corrected chi connectivity index (χ2v) is 10.2. The number of aromatic nitrogens is 2. The maximum atomic E-state index is 12.8. The summed E-state index contributed by atoms with van der Waals surface area (Å²) in [6, 6.07) is 1.55. The molecule has 11 heteroatoms. The molecule has 1 saturated heterocycles. The van der Waals surface area contributed by atoms with Crippen LogP contribution in [0.25, 0.3) is 0 Å². The number of carbonyl (C=O) groups excluding carboxylic acids is 1. The predicted molar refractivity (Wildman–Crippen MR) is 102 cm³/mol. The van der Waals surface area contributed by atoms with Crippen LogP contribution in [0.4, 0.5) is 0 Å². The average molecular weight is 437 g/mol. The summed E-state index contributed by atoms with van der Waals surface area (Å²) >= 11 is 13.1. The van der Waals surface area contributed by atoms with Crippen molar-refractivity contribution in [3.05, 3.63) is 32.3 Å². The first-order valence-corrected chi connectivity index (χ1v) is 11.0. The van der Waals surface area contributed by atoms with E-state index in [1.54, 1.807) is 29.5 Å². The van der Waals surface area contributed by atoms with Gasteiger partial charge in [-0.1, -0.05) is 23.2 Å². The van der Waals surface area contributed by atoms with Crippen LogP contribution in [-0.4, -0.2) is 59.3 Å². The SMILES string of the molecule is Cc1nc(S(=O)(=O)N2CCCN(C(=O)c3cc(Cl)sc3Cl)CC2)cn1C. The van der Waals surface area contributed by atoms with Gasteiger partial charge in [0.1, 0.15) is 10.2 Å². The van der Waals surface area contributed by atoms with Gasteiger partial charge in [0.2, 0.25) is 0 Å². The summed E-state index contributed by atoms with van der Waals surface area (Å²) in [4.78, 5) is 18.4. The van der Waals surface area contributed by atoms with Gasteiger partial charge in [0.25, 0.3) is 15.9 Å².